The second-order valence-corrected chi connectivity index (χ2v) is 7.35. The van der Waals surface area contributed by atoms with Crippen LogP contribution >= 0.6 is 0 Å². The zero-order valence-corrected chi connectivity index (χ0v) is 15.1. The van der Waals surface area contributed by atoms with Crippen molar-refractivity contribution < 1.29 is 0 Å². The average Bonchev–Trinajstić information content (AvgIpc) is 2.50. The van der Waals surface area contributed by atoms with E-state index in [4.69, 9.17) is 0 Å². The summed E-state index contributed by atoms with van der Waals surface area (Å²) in [5, 5.41) is 3.61. The molecule has 3 unspecified atom stereocenters. The summed E-state index contributed by atoms with van der Waals surface area (Å²) in [6, 6.07) is 0. The summed E-state index contributed by atoms with van der Waals surface area (Å²) in [5.74, 6) is 3.02. The van der Waals surface area contributed by atoms with Gasteiger partial charge in [0.25, 0.3) is 0 Å². The molecule has 1 aliphatic rings. The molecule has 1 saturated carbocycles. The van der Waals surface area contributed by atoms with Crippen LogP contribution in [0.2, 0.25) is 0 Å². The molecule has 126 valence electrons. The van der Waals surface area contributed by atoms with Gasteiger partial charge < -0.3 is 5.32 Å². The van der Waals surface area contributed by atoms with Crippen molar-refractivity contribution in [2.75, 3.05) is 13.1 Å². The summed E-state index contributed by atoms with van der Waals surface area (Å²) in [5.41, 5.74) is 0. The normalized spacial score (nSPS) is 26.1. The average molecular weight is 296 g/mol. The number of hydrogen-bond acceptors (Lipinski definition) is 1. The van der Waals surface area contributed by atoms with Gasteiger partial charge in [-0.2, -0.15) is 0 Å². The van der Waals surface area contributed by atoms with Crippen molar-refractivity contribution in [1.29, 1.82) is 0 Å². The minimum absolute atomic E-state index is 0.966. The Hall–Kier alpha value is -0.0400. The zero-order chi connectivity index (χ0) is 15.3. The Morgan fingerprint density at radius 2 is 1.52 bits per heavy atom. The van der Waals surface area contributed by atoms with E-state index in [1.807, 2.05) is 0 Å². The Morgan fingerprint density at radius 1 is 0.762 bits per heavy atom. The highest BCUT2D eigenvalue weighted by Crippen LogP contribution is 2.38. The third kappa shape index (κ3) is 8.24. The van der Waals surface area contributed by atoms with Crippen molar-refractivity contribution >= 4 is 0 Å². The highest BCUT2D eigenvalue weighted by Gasteiger charge is 2.29. The van der Waals surface area contributed by atoms with E-state index >= 15 is 0 Å². The lowest BCUT2D eigenvalue weighted by Gasteiger charge is -2.36. The van der Waals surface area contributed by atoms with Crippen LogP contribution in [0.1, 0.15) is 97.8 Å². The van der Waals surface area contributed by atoms with Gasteiger partial charge in [-0.1, -0.05) is 85.0 Å². The first-order valence-electron chi connectivity index (χ1n) is 10.0. The molecule has 21 heavy (non-hydrogen) atoms. The number of hydrogen-bond donors (Lipinski definition) is 1. The van der Waals surface area contributed by atoms with Crippen LogP contribution in [-0.4, -0.2) is 13.1 Å². The van der Waals surface area contributed by atoms with Gasteiger partial charge in [0, 0.05) is 0 Å². The quantitative estimate of drug-likeness (QED) is 0.424. The molecule has 0 aromatic carbocycles. The summed E-state index contributed by atoms with van der Waals surface area (Å²) in [4.78, 5) is 0. The third-order valence-corrected chi connectivity index (χ3v) is 5.53. The van der Waals surface area contributed by atoms with Gasteiger partial charge in [0.2, 0.25) is 0 Å². The Morgan fingerprint density at radius 3 is 2.24 bits per heavy atom. The molecule has 1 N–H and O–H groups in total. The third-order valence-electron chi connectivity index (χ3n) is 5.53. The Balaban J connectivity index is 2.27. The molecule has 0 bridgehead atoms. The molecule has 0 heterocycles. The molecule has 1 nitrogen and oxygen atoms in total. The van der Waals surface area contributed by atoms with Crippen molar-refractivity contribution in [2.24, 2.45) is 17.8 Å². The van der Waals surface area contributed by atoms with E-state index < -0.39 is 0 Å². The molecule has 0 saturated heterocycles. The SMILES string of the molecule is CCCCCCCCC1CC(CCC)CCC1CNCC. The van der Waals surface area contributed by atoms with Gasteiger partial charge >= 0.3 is 0 Å². The summed E-state index contributed by atoms with van der Waals surface area (Å²) in [6.07, 6.45) is 17.6. The van der Waals surface area contributed by atoms with Crippen molar-refractivity contribution in [2.45, 2.75) is 97.8 Å². The van der Waals surface area contributed by atoms with E-state index in [0.29, 0.717) is 0 Å². The standard InChI is InChI=1S/C20H41N/c1-4-7-8-9-10-11-13-19-16-18(12-5-2)14-15-20(19)17-21-6-3/h18-21H,4-17H2,1-3H3. The van der Waals surface area contributed by atoms with Crippen molar-refractivity contribution in [3.05, 3.63) is 0 Å². The van der Waals surface area contributed by atoms with Crippen molar-refractivity contribution in [3.8, 4) is 0 Å². The van der Waals surface area contributed by atoms with Crippen LogP contribution in [0.5, 0.6) is 0 Å². The van der Waals surface area contributed by atoms with E-state index in [2.05, 4.69) is 26.1 Å². The molecule has 1 fully saturated rings. The number of unbranched alkanes of at least 4 members (excludes halogenated alkanes) is 5. The second kappa shape index (κ2) is 12.5. The van der Waals surface area contributed by atoms with Gasteiger partial charge in [-0.05, 0) is 43.7 Å². The van der Waals surface area contributed by atoms with Crippen molar-refractivity contribution in [3.63, 3.8) is 0 Å². The van der Waals surface area contributed by atoms with E-state index in [-0.39, 0.29) is 0 Å². The van der Waals surface area contributed by atoms with E-state index in [1.165, 1.54) is 83.6 Å². The number of rotatable bonds is 12. The van der Waals surface area contributed by atoms with Crippen LogP contribution in [0.25, 0.3) is 0 Å². The van der Waals surface area contributed by atoms with Gasteiger partial charge in [0.15, 0.2) is 0 Å². The zero-order valence-electron chi connectivity index (χ0n) is 15.1. The molecule has 1 aliphatic carbocycles. The molecule has 0 aromatic heterocycles. The molecule has 1 rings (SSSR count). The maximum atomic E-state index is 3.61. The minimum atomic E-state index is 0.966. The van der Waals surface area contributed by atoms with Gasteiger partial charge in [-0.15, -0.1) is 0 Å². The van der Waals surface area contributed by atoms with E-state index in [0.717, 1.165) is 24.3 Å². The molecular weight excluding hydrogens is 254 g/mol. The van der Waals surface area contributed by atoms with Crippen LogP contribution in [0, 0.1) is 17.8 Å². The minimum Gasteiger partial charge on any atom is -0.317 e. The molecule has 0 aromatic rings. The highest BCUT2D eigenvalue weighted by molar-refractivity contribution is 4.81. The van der Waals surface area contributed by atoms with Crippen molar-refractivity contribution in [1.82, 2.24) is 5.32 Å². The second-order valence-electron chi connectivity index (χ2n) is 7.35. The summed E-state index contributed by atoms with van der Waals surface area (Å²) in [6.45, 7) is 9.31. The van der Waals surface area contributed by atoms with E-state index in [9.17, 15) is 0 Å². The van der Waals surface area contributed by atoms with Crippen LogP contribution < -0.4 is 5.32 Å². The molecule has 0 aliphatic heterocycles. The Bertz CT molecular complexity index is 226. The number of nitrogens with one attached hydrogen (secondary N) is 1. The molecule has 0 amide bonds. The van der Waals surface area contributed by atoms with Gasteiger partial charge in [-0.25, -0.2) is 0 Å². The van der Waals surface area contributed by atoms with Crippen LogP contribution in [-0.2, 0) is 0 Å². The Labute approximate surface area is 134 Å². The smallest absolute Gasteiger partial charge is 0.00180 e. The first-order valence-corrected chi connectivity index (χ1v) is 10.0. The molecule has 1 heteroatoms. The summed E-state index contributed by atoms with van der Waals surface area (Å²) in [7, 11) is 0. The van der Waals surface area contributed by atoms with Gasteiger partial charge in [0.1, 0.15) is 0 Å². The lowest BCUT2D eigenvalue weighted by molar-refractivity contribution is 0.157. The highest BCUT2D eigenvalue weighted by atomic mass is 14.8. The summed E-state index contributed by atoms with van der Waals surface area (Å²) >= 11 is 0. The van der Waals surface area contributed by atoms with Gasteiger partial charge in [0.05, 0.1) is 0 Å². The molecule has 0 spiro atoms. The molecule has 0 radical (unpaired) electrons. The predicted octanol–water partition coefficient (Wildman–Crippen LogP) is 6.18. The fraction of sp³-hybridized carbons (Fsp3) is 1.00. The fourth-order valence-corrected chi connectivity index (χ4v) is 4.23. The Kier molecular flexibility index (Phi) is 11.3. The predicted molar refractivity (Wildman–Crippen MR) is 95.8 cm³/mol. The monoisotopic (exact) mass is 295 g/mol. The molecule has 3 atom stereocenters. The fourth-order valence-electron chi connectivity index (χ4n) is 4.23. The lowest BCUT2D eigenvalue weighted by atomic mass is 9.71. The largest absolute Gasteiger partial charge is 0.317 e. The topological polar surface area (TPSA) is 12.0 Å². The van der Waals surface area contributed by atoms with Gasteiger partial charge in [-0.3, -0.25) is 0 Å². The van der Waals surface area contributed by atoms with Crippen LogP contribution in [0.15, 0.2) is 0 Å². The molecular formula is C20H41N. The maximum Gasteiger partial charge on any atom is -0.00180 e. The maximum absolute atomic E-state index is 3.61. The first kappa shape index (κ1) is 19.0. The van der Waals surface area contributed by atoms with E-state index in [1.54, 1.807) is 0 Å². The van der Waals surface area contributed by atoms with Crippen LogP contribution in [0.3, 0.4) is 0 Å². The lowest BCUT2D eigenvalue weighted by Crippen LogP contribution is -2.33. The summed E-state index contributed by atoms with van der Waals surface area (Å²) < 4.78 is 0. The van der Waals surface area contributed by atoms with Crippen LogP contribution in [0.4, 0.5) is 0 Å². The first-order chi connectivity index (χ1) is 10.3.